The second-order valence-corrected chi connectivity index (χ2v) is 10.7. The number of nitrogens with zero attached hydrogens (tertiary/aromatic N) is 3. The van der Waals surface area contributed by atoms with E-state index >= 15 is 0 Å². The average Bonchev–Trinajstić information content (AvgIpc) is 3.61. The summed E-state index contributed by atoms with van der Waals surface area (Å²) in [5.41, 5.74) is 5.58. The molecular formula is C30H33ClN4O2. The van der Waals surface area contributed by atoms with Crippen LogP contribution >= 0.6 is 11.6 Å². The van der Waals surface area contributed by atoms with E-state index in [-0.39, 0.29) is 0 Å². The van der Waals surface area contributed by atoms with E-state index in [4.69, 9.17) is 21.3 Å². The van der Waals surface area contributed by atoms with Gasteiger partial charge in [0.1, 0.15) is 11.5 Å². The zero-order valence-corrected chi connectivity index (χ0v) is 22.0. The minimum atomic E-state index is 0.433. The number of nitrogens with one attached hydrogen (secondary N) is 1. The molecule has 2 aliphatic heterocycles. The quantitative estimate of drug-likeness (QED) is 0.211. The summed E-state index contributed by atoms with van der Waals surface area (Å²) >= 11 is 6.33. The van der Waals surface area contributed by atoms with Crippen LogP contribution in [-0.2, 0) is 13.1 Å². The summed E-state index contributed by atoms with van der Waals surface area (Å²) in [7, 11) is 1.68. The van der Waals surface area contributed by atoms with Crippen molar-refractivity contribution in [3.63, 3.8) is 0 Å². The van der Waals surface area contributed by atoms with Crippen molar-refractivity contribution in [1.29, 1.82) is 0 Å². The molecule has 192 valence electrons. The van der Waals surface area contributed by atoms with E-state index in [1.54, 1.807) is 7.11 Å². The third-order valence-electron chi connectivity index (χ3n) is 7.67. The van der Waals surface area contributed by atoms with Crippen molar-refractivity contribution in [3.05, 3.63) is 64.7 Å². The molecule has 2 fully saturated rings. The number of phenolic OH excluding ortho intramolecular Hbond substituents is 1. The second kappa shape index (κ2) is 10.4. The monoisotopic (exact) mass is 516 g/mol. The van der Waals surface area contributed by atoms with Crippen LogP contribution in [0.5, 0.6) is 11.5 Å². The molecule has 0 atom stereocenters. The Hall–Kier alpha value is -3.06. The lowest BCUT2D eigenvalue weighted by Gasteiger charge is -2.22. The Kier molecular flexibility index (Phi) is 6.80. The maximum atomic E-state index is 11.3. The number of hydrogen-bond donors (Lipinski definition) is 2. The summed E-state index contributed by atoms with van der Waals surface area (Å²) < 4.78 is 5.54. The molecule has 0 unspecified atom stereocenters. The number of rotatable bonds is 7. The van der Waals surface area contributed by atoms with Crippen molar-refractivity contribution in [2.75, 3.05) is 38.6 Å². The molecule has 0 bridgehead atoms. The average molecular weight is 517 g/mol. The first-order valence-corrected chi connectivity index (χ1v) is 13.6. The molecule has 0 aliphatic carbocycles. The van der Waals surface area contributed by atoms with Gasteiger partial charge in [-0.25, -0.2) is 4.98 Å². The molecular weight excluding hydrogens is 484 g/mol. The first-order chi connectivity index (χ1) is 18.1. The van der Waals surface area contributed by atoms with Gasteiger partial charge in [0, 0.05) is 45.7 Å². The molecule has 2 saturated heterocycles. The van der Waals surface area contributed by atoms with Gasteiger partial charge < -0.3 is 15.2 Å². The van der Waals surface area contributed by atoms with Crippen molar-refractivity contribution < 1.29 is 9.84 Å². The molecule has 3 heterocycles. The summed E-state index contributed by atoms with van der Waals surface area (Å²) in [5.74, 6) is 1.21. The normalized spacial score (nSPS) is 16.7. The number of halogens is 1. The van der Waals surface area contributed by atoms with E-state index in [9.17, 15) is 5.11 Å². The number of likely N-dealkylation sites (tertiary alicyclic amines) is 2. The van der Waals surface area contributed by atoms with Crippen LogP contribution in [0.2, 0.25) is 5.02 Å². The number of fused-ring (bicyclic) bond motifs is 2. The number of pyridine rings is 1. The van der Waals surface area contributed by atoms with Gasteiger partial charge >= 0.3 is 0 Å². The highest BCUT2D eigenvalue weighted by Gasteiger charge is 2.20. The van der Waals surface area contributed by atoms with Crippen molar-refractivity contribution >= 4 is 44.8 Å². The Morgan fingerprint density at radius 3 is 2.11 bits per heavy atom. The molecule has 6 nitrogen and oxygen atoms in total. The Balaban J connectivity index is 1.47. The van der Waals surface area contributed by atoms with Gasteiger partial charge in [-0.05, 0) is 100 Å². The van der Waals surface area contributed by atoms with E-state index in [2.05, 4.69) is 27.2 Å². The maximum Gasteiger partial charge on any atom is 0.124 e. The number of aromatic hydroxyl groups is 1. The molecule has 37 heavy (non-hydrogen) atoms. The van der Waals surface area contributed by atoms with Gasteiger partial charge in [-0.3, -0.25) is 9.80 Å². The summed E-state index contributed by atoms with van der Waals surface area (Å²) in [5, 5.41) is 17.7. The number of methoxy groups -OCH3 is 1. The topological polar surface area (TPSA) is 60.9 Å². The van der Waals surface area contributed by atoms with Gasteiger partial charge in [0.25, 0.3) is 0 Å². The van der Waals surface area contributed by atoms with E-state index in [0.29, 0.717) is 10.8 Å². The summed E-state index contributed by atoms with van der Waals surface area (Å²) in [6, 6.07) is 16.0. The van der Waals surface area contributed by atoms with Gasteiger partial charge in [-0.15, -0.1) is 0 Å². The fraction of sp³-hybridized carbons (Fsp3) is 0.367. The molecule has 0 radical (unpaired) electrons. The Morgan fingerprint density at radius 2 is 1.49 bits per heavy atom. The number of phenols is 1. The van der Waals surface area contributed by atoms with Gasteiger partial charge in [0.2, 0.25) is 0 Å². The second-order valence-electron chi connectivity index (χ2n) is 10.3. The van der Waals surface area contributed by atoms with Crippen molar-refractivity contribution in [2.45, 2.75) is 38.8 Å². The maximum absolute atomic E-state index is 11.3. The number of anilines is 2. The zero-order chi connectivity index (χ0) is 25.4. The van der Waals surface area contributed by atoms with Crippen LogP contribution in [0.25, 0.3) is 21.8 Å². The fourth-order valence-electron chi connectivity index (χ4n) is 5.74. The lowest BCUT2D eigenvalue weighted by Crippen LogP contribution is -2.20. The highest BCUT2D eigenvalue weighted by molar-refractivity contribution is 6.31. The van der Waals surface area contributed by atoms with Crippen molar-refractivity contribution in [2.24, 2.45) is 0 Å². The lowest BCUT2D eigenvalue weighted by molar-refractivity contribution is 0.312. The standard InChI is InChI=1S/C30H33ClN4O2/c1-37-24-7-9-27-26(17-24)29(25-8-6-22(31)16-28(25)33-27)32-23-14-20(18-34-10-2-3-11-34)30(36)21(15-23)19-35-12-4-5-13-35/h6-9,14-17,36H,2-5,10-13,18-19H2,1H3,(H,32,33). The van der Waals surface area contributed by atoms with Gasteiger partial charge in [-0.1, -0.05) is 11.6 Å². The summed E-state index contributed by atoms with van der Waals surface area (Å²) in [6.07, 6.45) is 4.88. The fourth-order valence-corrected chi connectivity index (χ4v) is 5.91. The van der Waals surface area contributed by atoms with Gasteiger partial charge in [0.15, 0.2) is 0 Å². The van der Waals surface area contributed by atoms with E-state index in [1.165, 1.54) is 25.7 Å². The molecule has 2 aliphatic rings. The molecule has 0 saturated carbocycles. The minimum absolute atomic E-state index is 0.433. The highest BCUT2D eigenvalue weighted by atomic mass is 35.5. The Morgan fingerprint density at radius 1 is 0.838 bits per heavy atom. The number of benzene rings is 3. The third-order valence-corrected chi connectivity index (χ3v) is 7.90. The zero-order valence-electron chi connectivity index (χ0n) is 21.3. The van der Waals surface area contributed by atoms with Crippen LogP contribution in [0.3, 0.4) is 0 Å². The van der Waals surface area contributed by atoms with Crippen LogP contribution in [-0.4, -0.2) is 53.2 Å². The highest BCUT2D eigenvalue weighted by Crippen LogP contribution is 2.38. The molecule has 2 N–H and O–H groups in total. The largest absolute Gasteiger partial charge is 0.507 e. The van der Waals surface area contributed by atoms with Crippen LogP contribution in [0.4, 0.5) is 11.4 Å². The summed E-state index contributed by atoms with van der Waals surface area (Å²) in [4.78, 5) is 9.74. The predicted molar refractivity (Wildman–Crippen MR) is 151 cm³/mol. The first kappa shape index (κ1) is 24.3. The minimum Gasteiger partial charge on any atom is -0.507 e. The van der Waals surface area contributed by atoms with Crippen LogP contribution < -0.4 is 10.1 Å². The van der Waals surface area contributed by atoms with Crippen LogP contribution in [0.1, 0.15) is 36.8 Å². The smallest absolute Gasteiger partial charge is 0.124 e. The van der Waals surface area contributed by atoms with Gasteiger partial charge in [-0.2, -0.15) is 0 Å². The summed E-state index contributed by atoms with van der Waals surface area (Å²) in [6.45, 7) is 5.85. The lowest BCUT2D eigenvalue weighted by atomic mass is 10.0. The van der Waals surface area contributed by atoms with Crippen molar-refractivity contribution in [3.8, 4) is 11.5 Å². The van der Waals surface area contributed by atoms with Crippen LogP contribution in [0.15, 0.2) is 48.5 Å². The van der Waals surface area contributed by atoms with E-state index < -0.39 is 0 Å². The molecule has 6 rings (SSSR count). The molecule has 1 aromatic heterocycles. The molecule has 0 spiro atoms. The number of ether oxygens (including phenoxy) is 1. The van der Waals surface area contributed by atoms with E-state index in [0.717, 1.165) is 89.3 Å². The molecule has 0 amide bonds. The Bertz CT molecular complexity index is 1410. The molecule has 4 aromatic rings. The van der Waals surface area contributed by atoms with E-state index in [1.807, 2.05) is 36.4 Å². The Labute approximate surface area is 222 Å². The molecule has 3 aromatic carbocycles. The third kappa shape index (κ3) is 5.06. The number of aromatic nitrogens is 1. The number of hydrogen-bond acceptors (Lipinski definition) is 6. The van der Waals surface area contributed by atoms with Gasteiger partial charge in [0.05, 0.1) is 23.8 Å². The first-order valence-electron chi connectivity index (χ1n) is 13.2. The van der Waals surface area contributed by atoms with Crippen molar-refractivity contribution in [1.82, 2.24) is 14.8 Å². The SMILES string of the molecule is COc1ccc2nc3cc(Cl)ccc3c(Nc3cc(CN4CCCC4)c(O)c(CN4CCCC4)c3)c2c1. The van der Waals surface area contributed by atoms with Crippen LogP contribution in [0, 0.1) is 0 Å². The molecule has 7 heteroatoms. The predicted octanol–water partition coefficient (Wildman–Crippen LogP) is 6.69.